The van der Waals surface area contributed by atoms with Gasteiger partial charge in [0.1, 0.15) is 17.5 Å². The molecule has 2 rings (SSSR count). The van der Waals surface area contributed by atoms with Gasteiger partial charge in [0.15, 0.2) is 19.7 Å². The molecule has 0 aromatic heterocycles. The fourth-order valence-corrected chi connectivity index (χ4v) is 7.30. The van der Waals surface area contributed by atoms with E-state index in [-0.39, 0.29) is 0 Å². The molecule has 0 radical (unpaired) electrons. The normalized spacial score (nSPS) is 12.9. The molecular formula is C32H45N3O7S2. The Hall–Kier alpha value is -3.40. The summed E-state index contributed by atoms with van der Waals surface area (Å²) in [6.07, 6.45) is 3.39. The van der Waals surface area contributed by atoms with Crippen LogP contribution < -0.4 is 20.7 Å². The summed E-state index contributed by atoms with van der Waals surface area (Å²) < 4.78 is 55.5. The molecule has 242 valence electrons. The largest absolute Gasteiger partial charge is 0.497 e. The maximum Gasteiger partial charge on any atom is 0.244 e. The number of carbonyl (C=O) groups is 2. The molecule has 3 N–H and O–H groups in total. The summed E-state index contributed by atoms with van der Waals surface area (Å²) in [4.78, 5) is 26.1. The average molecular weight is 648 g/mol. The number of carbonyl (C=O) groups excluding carboxylic acids is 2. The van der Waals surface area contributed by atoms with Gasteiger partial charge in [0.05, 0.1) is 24.2 Å². The van der Waals surface area contributed by atoms with E-state index >= 15 is 0 Å². The average Bonchev–Trinajstić information content (AvgIpc) is 2.97. The number of ether oxygens (including phenoxy) is 1. The van der Waals surface area contributed by atoms with Gasteiger partial charge < -0.3 is 20.7 Å². The molecule has 2 unspecified atom stereocenters. The second kappa shape index (κ2) is 18.4. The van der Waals surface area contributed by atoms with Crippen molar-refractivity contribution < 1.29 is 31.2 Å². The van der Waals surface area contributed by atoms with Crippen molar-refractivity contribution in [3.8, 4) is 17.6 Å². The van der Waals surface area contributed by atoms with E-state index in [4.69, 9.17) is 4.74 Å². The summed E-state index contributed by atoms with van der Waals surface area (Å²) in [6, 6.07) is 14.6. The quantitative estimate of drug-likeness (QED) is 0.165. The maximum absolute atomic E-state index is 13.6. The van der Waals surface area contributed by atoms with Gasteiger partial charge in [-0.3, -0.25) is 9.59 Å². The molecular weight excluding hydrogens is 603 g/mol. The Morgan fingerprint density at radius 1 is 0.909 bits per heavy atom. The predicted molar refractivity (Wildman–Crippen MR) is 174 cm³/mol. The van der Waals surface area contributed by atoms with E-state index in [9.17, 15) is 26.4 Å². The van der Waals surface area contributed by atoms with Crippen LogP contribution in [0.4, 0.5) is 0 Å². The highest BCUT2D eigenvalue weighted by Gasteiger charge is 2.33. The van der Waals surface area contributed by atoms with Crippen LogP contribution in [0.2, 0.25) is 0 Å². The van der Waals surface area contributed by atoms with Crippen LogP contribution in [0.5, 0.6) is 5.75 Å². The molecule has 0 saturated carbocycles. The first-order chi connectivity index (χ1) is 20.9. The van der Waals surface area contributed by atoms with Crippen molar-refractivity contribution in [2.75, 3.05) is 31.4 Å². The maximum atomic E-state index is 13.6. The van der Waals surface area contributed by atoms with Gasteiger partial charge in [-0.1, -0.05) is 68.9 Å². The number of hydrogen-bond acceptors (Lipinski definition) is 8. The first-order valence-electron chi connectivity index (χ1n) is 14.8. The minimum absolute atomic E-state index is 0.376. The molecule has 0 bridgehead atoms. The number of rotatable bonds is 18. The van der Waals surface area contributed by atoms with Gasteiger partial charge in [0.25, 0.3) is 0 Å². The summed E-state index contributed by atoms with van der Waals surface area (Å²) >= 11 is 0. The summed E-state index contributed by atoms with van der Waals surface area (Å²) in [5, 5.41) is 7.80. The van der Waals surface area contributed by atoms with Crippen LogP contribution >= 0.6 is 0 Å². The number of methoxy groups -OCH3 is 1. The topological polar surface area (TPSA) is 148 Å². The van der Waals surface area contributed by atoms with Crippen molar-refractivity contribution in [2.45, 2.75) is 69.8 Å². The van der Waals surface area contributed by atoms with Crippen molar-refractivity contribution in [1.82, 2.24) is 16.0 Å². The molecule has 0 spiro atoms. The lowest BCUT2D eigenvalue weighted by atomic mass is 10.1. The Morgan fingerprint density at radius 2 is 1.59 bits per heavy atom. The van der Waals surface area contributed by atoms with Crippen LogP contribution in [0.3, 0.4) is 0 Å². The van der Waals surface area contributed by atoms with Gasteiger partial charge in [0, 0.05) is 18.4 Å². The lowest BCUT2D eigenvalue weighted by molar-refractivity contribution is -0.127. The van der Waals surface area contributed by atoms with Gasteiger partial charge in [-0.2, -0.15) is 0 Å². The Balaban J connectivity index is 2.27. The molecule has 0 fully saturated rings. The molecule has 0 heterocycles. The second-order valence-electron chi connectivity index (χ2n) is 10.7. The molecule has 12 heteroatoms. The highest BCUT2D eigenvalue weighted by molar-refractivity contribution is 7.92. The number of nitrogens with one attached hydrogen (secondary N) is 3. The number of sulfone groups is 2. The molecule has 44 heavy (non-hydrogen) atoms. The Labute approximate surface area is 262 Å². The summed E-state index contributed by atoms with van der Waals surface area (Å²) in [5.41, 5.74) is 1.74. The standard InChI is InChI=1S/C32H45N3O7S2/c1-5-11-29(12-6-2)44(40,41)23-30(35-31(36)24-43(4,38)39)32(37)34-27(18-17-25-13-8-7-9-14-25)19-20-33-22-26-15-10-16-28(21-26)42-3/h7-10,13-16,21,27,29-30,33H,5-6,11-12,19-20,22-24H2,1-4H3,(H,34,37)(H,35,36). The smallest absolute Gasteiger partial charge is 0.244 e. The summed E-state index contributed by atoms with van der Waals surface area (Å²) in [6.45, 7) is 4.77. The number of hydrogen-bond donors (Lipinski definition) is 3. The van der Waals surface area contributed by atoms with E-state index in [1.165, 1.54) is 0 Å². The van der Waals surface area contributed by atoms with Gasteiger partial charge in [-0.25, -0.2) is 16.8 Å². The fraction of sp³-hybridized carbons (Fsp3) is 0.500. The minimum Gasteiger partial charge on any atom is -0.497 e. The van der Waals surface area contributed by atoms with Crippen molar-refractivity contribution >= 4 is 31.5 Å². The van der Waals surface area contributed by atoms with Crippen LogP contribution in [0.1, 0.15) is 57.1 Å². The van der Waals surface area contributed by atoms with E-state index in [1.54, 1.807) is 7.11 Å². The van der Waals surface area contributed by atoms with Crippen molar-refractivity contribution in [2.24, 2.45) is 0 Å². The van der Waals surface area contributed by atoms with Gasteiger partial charge in [0.2, 0.25) is 11.8 Å². The Morgan fingerprint density at radius 3 is 2.20 bits per heavy atom. The minimum atomic E-state index is -3.81. The lowest BCUT2D eigenvalue weighted by Gasteiger charge is -2.24. The highest BCUT2D eigenvalue weighted by atomic mass is 32.2. The SMILES string of the molecule is CCCC(CCC)S(=O)(=O)CC(NC(=O)CS(C)(=O)=O)C(=O)NC(C#Cc1ccccc1)CCNCc1cccc(OC)c1. The zero-order valence-corrected chi connectivity index (χ0v) is 27.6. The van der Waals surface area contributed by atoms with E-state index in [1.807, 2.05) is 68.4 Å². The first kappa shape index (κ1) is 36.8. The molecule has 0 aliphatic rings. The van der Waals surface area contributed by atoms with Crippen LogP contribution in [0, 0.1) is 11.8 Å². The number of amides is 2. The molecule has 2 aromatic carbocycles. The van der Waals surface area contributed by atoms with Crippen molar-refractivity contribution in [3.63, 3.8) is 0 Å². The molecule has 0 aliphatic heterocycles. The van der Waals surface area contributed by atoms with Crippen LogP contribution in [-0.2, 0) is 35.8 Å². The monoisotopic (exact) mass is 647 g/mol. The van der Waals surface area contributed by atoms with Gasteiger partial charge in [-0.15, -0.1) is 0 Å². The third-order valence-electron chi connectivity index (χ3n) is 6.73. The zero-order valence-electron chi connectivity index (χ0n) is 26.0. The van der Waals surface area contributed by atoms with Crippen LogP contribution in [0.15, 0.2) is 54.6 Å². The molecule has 2 atom stereocenters. The molecule has 2 aromatic rings. The fourth-order valence-electron chi connectivity index (χ4n) is 4.58. The molecule has 0 saturated heterocycles. The van der Waals surface area contributed by atoms with Crippen LogP contribution in [0.25, 0.3) is 0 Å². The Kier molecular flexibility index (Phi) is 15.4. The van der Waals surface area contributed by atoms with E-state index in [0.29, 0.717) is 45.2 Å². The zero-order chi connectivity index (χ0) is 32.6. The van der Waals surface area contributed by atoms with Crippen LogP contribution in [-0.4, -0.2) is 77.4 Å². The summed E-state index contributed by atoms with van der Waals surface area (Å²) in [7, 11) is -5.92. The lowest BCUT2D eigenvalue weighted by Crippen LogP contribution is -2.54. The predicted octanol–water partition coefficient (Wildman–Crippen LogP) is 2.62. The van der Waals surface area contributed by atoms with Gasteiger partial charge >= 0.3 is 0 Å². The highest BCUT2D eigenvalue weighted by Crippen LogP contribution is 2.17. The molecule has 0 aliphatic carbocycles. The first-order valence-corrected chi connectivity index (χ1v) is 18.5. The van der Waals surface area contributed by atoms with Crippen molar-refractivity contribution in [3.05, 3.63) is 65.7 Å². The second-order valence-corrected chi connectivity index (χ2v) is 15.2. The Bertz CT molecular complexity index is 1480. The van der Waals surface area contributed by atoms with E-state index in [2.05, 4.69) is 27.8 Å². The van der Waals surface area contributed by atoms with E-state index in [0.717, 1.165) is 23.1 Å². The van der Waals surface area contributed by atoms with Crippen molar-refractivity contribution in [1.29, 1.82) is 0 Å². The third-order valence-corrected chi connectivity index (χ3v) is 9.80. The van der Waals surface area contributed by atoms with Gasteiger partial charge in [-0.05, 0) is 55.6 Å². The summed E-state index contributed by atoms with van der Waals surface area (Å²) in [5.74, 6) is 3.63. The van der Waals surface area contributed by atoms with E-state index < -0.39 is 60.3 Å². The third kappa shape index (κ3) is 13.9. The molecule has 2 amide bonds. The number of benzene rings is 2. The molecule has 10 nitrogen and oxygen atoms in total.